The molecule has 0 fully saturated rings. The third-order valence-corrected chi connectivity index (χ3v) is 5.15. The van der Waals surface area contributed by atoms with E-state index >= 15 is 0 Å². The second-order valence-electron chi connectivity index (χ2n) is 5.81. The number of anilines is 1. The molecular weight excluding hydrogens is 340 g/mol. The molecule has 0 bridgehead atoms. The van der Waals surface area contributed by atoms with Gasteiger partial charge in [-0.15, -0.1) is 11.3 Å². The first-order valence-electron chi connectivity index (χ1n) is 8.12. The molecule has 0 aromatic carbocycles. The minimum Gasteiger partial charge on any atom is -0.450 e. The summed E-state index contributed by atoms with van der Waals surface area (Å²) in [6.45, 7) is 6.93. The smallest absolute Gasteiger partial charge is 0.410 e. The Bertz CT molecular complexity index is 799. The lowest BCUT2D eigenvalue weighted by molar-refractivity contribution is 0.101. The molecule has 0 radical (unpaired) electrons. The van der Waals surface area contributed by atoms with Crippen LogP contribution in [0.3, 0.4) is 0 Å². The van der Waals surface area contributed by atoms with Crippen LogP contribution in [0.1, 0.15) is 39.0 Å². The van der Waals surface area contributed by atoms with Crippen LogP contribution in [0.4, 0.5) is 9.93 Å². The highest BCUT2D eigenvalue weighted by Crippen LogP contribution is 2.25. The highest BCUT2D eigenvalue weighted by atomic mass is 32.1. The zero-order valence-corrected chi connectivity index (χ0v) is 15.3. The lowest BCUT2D eigenvalue weighted by Crippen LogP contribution is -2.37. The van der Waals surface area contributed by atoms with Gasteiger partial charge in [0, 0.05) is 23.8 Å². The van der Waals surface area contributed by atoms with Crippen molar-refractivity contribution in [2.24, 2.45) is 0 Å². The van der Waals surface area contributed by atoms with Gasteiger partial charge in [-0.05, 0) is 38.3 Å². The summed E-state index contributed by atoms with van der Waals surface area (Å²) in [6.07, 6.45) is 3.53. The molecule has 0 spiro atoms. The van der Waals surface area contributed by atoms with Gasteiger partial charge >= 0.3 is 6.09 Å². The van der Waals surface area contributed by atoms with E-state index in [1.165, 1.54) is 11.3 Å². The number of rotatable bonds is 3. The fourth-order valence-electron chi connectivity index (χ4n) is 2.75. The number of pyridine rings is 1. The quantitative estimate of drug-likeness (QED) is 0.910. The van der Waals surface area contributed by atoms with Gasteiger partial charge in [-0.1, -0.05) is 0 Å². The van der Waals surface area contributed by atoms with Crippen molar-refractivity contribution in [3.8, 4) is 0 Å². The summed E-state index contributed by atoms with van der Waals surface area (Å²) in [6, 6.07) is 0. The molecular formula is C17H20N4O3S. The van der Waals surface area contributed by atoms with Gasteiger partial charge in [-0.3, -0.25) is 15.1 Å². The monoisotopic (exact) mass is 360 g/mol. The number of amides is 2. The van der Waals surface area contributed by atoms with Crippen molar-refractivity contribution in [2.45, 2.75) is 33.7 Å². The first kappa shape index (κ1) is 17.3. The van der Waals surface area contributed by atoms with Gasteiger partial charge in [-0.2, -0.15) is 0 Å². The van der Waals surface area contributed by atoms with Gasteiger partial charge in [-0.25, -0.2) is 9.78 Å². The van der Waals surface area contributed by atoms with Gasteiger partial charge in [0.15, 0.2) is 5.13 Å². The molecule has 2 aromatic rings. The number of ether oxygens (including phenoxy) is 1. The molecule has 0 aliphatic carbocycles. The summed E-state index contributed by atoms with van der Waals surface area (Å²) in [5.41, 5.74) is 3.25. The highest BCUT2D eigenvalue weighted by Gasteiger charge is 2.25. The molecule has 0 atom stereocenters. The van der Waals surface area contributed by atoms with E-state index in [9.17, 15) is 9.59 Å². The van der Waals surface area contributed by atoms with Gasteiger partial charge in [0.05, 0.1) is 24.4 Å². The summed E-state index contributed by atoms with van der Waals surface area (Å²) < 4.78 is 5.05. The second-order valence-corrected chi connectivity index (χ2v) is 7.01. The SMILES string of the molecule is CCOC(=O)N1CCc2c(cncc2C(=O)Nc2nc(C)c(C)s2)C1. The molecule has 0 unspecified atom stereocenters. The summed E-state index contributed by atoms with van der Waals surface area (Å²) in [5.74, 6) is -0.220. The Morgan fingerprint density at radius 1 is 1.36 bits per heavy atom. The van der Waals surface area contributed by atoms with Crippen LogP contribution in [0.15, 0.2) is 12.4 Å². The Balaban J connectivity index is 1.79. The number of fused-ring (bicyclic) bond motifs is 1. The first-order valence-corrected chi connectivity index (χ1v) is 8.94. The maximum atomic E-state index is 12.6. The van der Waals surface area contributed by atoms with Crippen molar-refractivity contribution in [3.05, 3.63) is 39.7 Å². The largest absolute Gasteiger partial charge is 0.450 e. The zero-order chi connectivity index (χ0) is 18.0. The lowest BCUT2D eigenvalue weighted by atomic mass is 9.97. The molecule has 2 aromatic heterocycles. The van der Waals surface area contributed by atoms with Gasteiger partial charge < -0.3 is 9.64 Å². The normalized spacial score (nSPS) is 13.3. The minimum atomic E-state index is -0.336. The number of aromatic nitrogens is 2. The Morgan fingerprint density at radius 2 is 2.16 bits per heavy atom. The van der Waals surface area contributed by atoms with E-state index in [1.54, 1.807) is 24.2 Å². The standard InChI is InChI=1S/C17H20N4O3S/c1-4-24-17(23)21-6-5-13-12(9-21)7-18-8-14(13)15(22)20-16-19-10(2)11(3)25-16/h7-8H,4-6,9H2,1-3H3,(H,19,20,22). The van der Waals surface area contributed by atoms with E-state index in [0.29, 0.717) is 36.8 Å². The zero-order valence-electron chi connectivity index (χ0n) is 14.5. The maximum Gasteiger partial charge on any atom is 0.410 e. The highest BCUT2D eigenvalue weighted by molar-refractivity contribution is 7.15. The van der Waals surface area contributed by atoms with Crippen molar-refractivity contribution < 1.29 is 14.3 Å². The molecule has 8 heteroatoms. The maximum absolute atomic E-state index is 12.6. The van der Waals surface area contributed by atoms with E-state index in [1.807, 2.05) is 13.8 Å². The van der Waals surface area contributed by atoms with Crippen molar-refractivity contribution in [1.29, 1.82) is 0 Å². The van der Waals surface area contributed by atoms with Crippen molar-refractivity contribution in [1.82, 2.24) is 14.9 Å². The fourth-order valence-corrected chi connectivity index (χ4v) is 3.56. The molecule has 1 N–H and O–H groups in total. The van der Waals surface area contributed by atoms with Crippen LogP contribution in [0, 0.1) is 13.8 Å². The summed E-state index contributed by atoms with van der Waals surface area (Å²) in [5, 5.41) is 3.43. The number of carbonyl (C=O) groups is 2. The fraction of sp³-hybridized carbons (Fsp3) is 0.412. The number of nitrogens with zero attached hydrogens (tertiary/aromatic N) is 3. The van der Waals surface area contributed by atoms with Gasteiger partial charge in [0.2, 0.25) is 0 Å². The molecule has 3 heterocycles. The van der Waals surface area contributed by atoms with Crippen LogP contribution in [0.25, 0.3) is 0 Å². The first-order chi connectivity index (χ1) is 12.0. The third kappa shape index (κ3) is 3.63. The molecule has 0 saturated heterocycles. The number of nitrogens with one attached hydrogen (secondary N) is 1. The summed E-state index contributed by atoms with van der Waals surface area (Å²) in [7, 11) is 0. The van der Waals surface area contributed by atoms with Crippen LogP contribution in [0.2, 0.25) is 0 Å². The predicted molar refractivity (Wildman–Crippen MR) is 94.9 cm³/mol. The number of hydrogen-bond acceptors (Lipinski definition) is 6. The minimum absolute atomic E-state index is 0.220. The Hall–Kier alpha value is -2.48. The average molecular weight is 360 g/mol. The van der Waals surface area contributed by atoms with E-state index in [4.69, 9.17) is 4.74 Å². The van der Waals surface area contributed by atoms with Crippen LogP contribution in [-0.4, -0.2) is 40.0 Å². The Labute approximate surface area is 150 Å². The van der Waals surface area contributed by atoms with Crippen LogP contribution >= 0.6 is 11.3 Å². The number of carbonyl (C=O) groups excluding carboxylic acids is 2. The Kier molecular flexibility index (Phi) is 4.98. The summed E-state index contributed by atoms with van der Waals surface area (Å²) in [4.78, 5) is 35.7. The van der Waals surface area contributed by atoms with Crippen LogP contribution in [0.5, 0.6) is 0 Å². The number of hydrogen-bond donors (Lipinski definition) is 1. The van der Waals surface area contributed by atoms with E-state index < -0.39 is 0 Å². The summed E-state index contributed by atoms with van der Waals surface area (Å²) >= 11 is 1.45. The topological polar surface area (TPSA) is 84.4 Å². The molecule has 132 valence electrons. The van der Waals surface area contributed by atoms with Gasteiger partial charge in [0.1, 0.15) is 0 Å². The van der Waals surface area contributed by atoms with Gasteiger partial charge in [0.25, 0.3) is 5.91 Å². The number of aryl methyl sites for hydroxylation is 2. The molecule has 1 aliphatic heterocycles. The molecule has 25 heavy (non-hydrogen) atoms. The van der Waals surface area contributed by atoms with E-state index in [2.05, 4.69) is 15.3 Å². The van der Waals surface area contributed by atoms with Crippen LogP contribution in [-0.2, 0) is 17.7 Å². The molecule has 0 saturated carbocycles. The molecule has 3 rings (SSSR count). The number of thiazole rings is 1. The Morgan fingerprint density at radius 3 is 2.84 bits per heavy atom. The van der Waals surface area contributed by atoms with E-state index in [0.717, 1.165) is 21.7 Å². The van der Waals surface area contributed by atoms with Crippen molar-refractivity contribution in [2.75, 3.05) is 18.5 Å². The molecule has 1 aliphatic rings. The van der Waals surface area contributed by atoms with Crippen LogP contribution < -0.4 is 5.32 Å². The van der Waals surface area contributed by atoms with E-state index in [-0.39, 0.29) is 12.0 Å². The lowest BCUT2D eigenvalue weighted by Gasteiger charge is -2.28. The van der Waals surface area contributed by atoms with Crippen molar-refractivity contribution >= 4 is 28.5 Å². The van der Waals surface area contributed by atoms with Crippen molar-refractivity contribution in [3.63, 3.8) is 0 Å². The average Bonchev–Trinajstić information content (AvgIpc) is 2.91. The second kappa shape index (κ2) is 7.18. The molecule has 7 nitrogen and oxygen atoms in total. The predicted octanol–water partition coefficient (Wildman–Crippen LogP) is 2.92. The third-order valence-electron chi connectivity index (χ3n) is 4.16. The molecule has 2 amide bonds.